The number of aliphatic hydroxyl groups is 2. The van der Waals surface area contributed by atoms with Gasteiger partial charge in [-0.25, -0.2) is 0 Å². The molecule has 0 radical (unpaired) electrons. The number of aliphatic hydroxyl groups excluding tert-OH is 2. The van der Waals surface area contributed by atoms with Crippen molar-refractivity contribution in [2.45, 2.75) is 57.5 Å². The highest BCUT2D eigenvalue weighted by Crippen LogP contribution is 2.27. The van der Waals surface area contributed by atoms with Crippen LogP contribution >= 0.6 is 0 Å². The van der Waals surface area contributed by atoms with Gasteiger partial charge >= 0.3 is 0 Å². The van der Waals surface area contributed by atoms with Crippen LogP contribution in [0, 0.1) is 5.92 Å². The van der Waals surface area contributed by atoms with E-state index in [0.29, 0.717) is 6.04 Å². The molecule has 0 bridgehead atoms. The van der Waals surface area contributed by atoms with E-state index >= 15 is 0 Å². The Hall–Kier alpha value is -0.120. The van der Waals surface area contributed by atoms with E-state index in [0.717, 1.165) is 5.92 Å². The molecule has 15 heavy (non-hydrogen) atoms. The lowest BCUT2D eigenvalue weighted by Gasteiger charge is -2.36. The summed E-state index contributed by atoms with van der Waals surface area (Å²) in [4.78, 5) is 0. The lowest BCUT2D eigenvalue weighted by molar-refractivity contribution is 0.0835. The third kappa shape index (κ3) is 3.74. The molecule has 0 heterocycles. The first-order chi connectivity index (χ1) is 7.13. The zero-order chi connectivity index (χ0) is 11.3. The SMILES string of the molecule is CCC1CCCC(NC(C)(CO)CO)C1. The van der Waals surface area contributed by atoms with E-state index in [2.05, 4.69) is 12.2 Å². The Bertz CT molecular complexity index is 180. The minimum Gasteiger partial charge on any atom is -0.394 e. The summed E-state index contributed by atoms with van der Waals surface area (Å²) in [6, 6.07) is 0.466. The van der Waals surface area contributed by atoms with Crippen molar-refractivity contribution in [3.63, 3.8) is 0 Å². The third-order valence-electron chi connectivity index (χ3n) is 3.61. The normalized spacial score (nSPS) is 28.0. The van der Waals surface area contributed by atoms with Gasteiger partial charge in [0.05, 0.1) is 18.8 Å². The summed E-state index contributed by atoms with van der Waals surface area (Å²) in [5.74, 6) is 0.817. The number of rotatable bonds is 5. The standard InChI is InChI=1S/C12H25NO2/c1-3-10-5-4-6-11(7-10)13-12(2,8-14)9-15/h10-11,13-15H,3-9H2,1-2H3. The summed E-state index contributed by atoms with van der Waals surface area (Å²) in [5.41, 5.74) is -0.514. The van der Waals surface area contributed by atoms with Crippen LogP contribution in [0.4, 0.5) is 0 Å². The maximum atomic E-state index is 9.22. The van der Waals surface area contributed by atoms with Crippen molar-refractivity contribution in [1.82, 2.24) is 5.32 Å². The van der Waals surface area contributed by atoms with Crippen molar-refractivity contribution in [3.8, 4) is 0 Å². The van der Waals surface area contributed by atoms with Gasteiger partial charge in [-0.3, -0.25) is 0 Å². The zero-order valence-corrected chi connectivity index (χ0v) is 10.00. The molecule has 1 fully saturated rings. The summed E-state index contributed by atoms with van der Waals surface area (Å²) in [6.45, 7) is 4.11. The monoisotopic (exact) mass is 215 g/mol. The molecule has 0 aliphatic heterocycles. The second kappa shape index (κ2) is 5.83. The van der Waals surface area contributed by atoms with Gasteiger partial charge in [0, 0.05) is 6.04 Å². The first kappa shape index (κ1) is 12.9. The molecule has 0 saturated heterocycles. The van der Waals surface area contributed by atoms with Crippen LogP contribution in [-0.4, -0.2) is 35.0 Å². The highest BCUT2D eigenvalue weighted by atomic mass is 16.3. The van der Waals surface area contributed by atoms with E-state index in [1.54, 1.807) is 0 Å². The fourth-order valence-electron chi connectivity index (χ4n) is 2.43. The van der Waals surface area contributed by atoms with Crippen molar-refractivity contribution in [2.24, 2.45) is 5.92 Å². The molecular weight excluding hydrogens is 190 g/mol. The van der Waals surface area contributed by atoms with Crippen molar-refractivity contribution in [3.05, 3.63) is 0 Å². The third-order valence-corrected chi connectivity index (χ3v) is 3.61. The van der Waals surface area contributed by atoms with Gasteiger partial charge in [-0.1, -0.05) is 26.2 Å². The van der Waals surface area contributed by atoms with E-state index in [1.165, 1.54) is 32.1 Å². The lowest BCUT2D eigenvalue weighted by atomic mass is 9.83. The van der Waals surface area contributed by atoms with E-state index in [4.69, 9.17) is 0 Å². The van der Waals surface area contributed by atoms with Gasteiger partial charge in [-0.05, 0) is 25.7 Å². The first-order valence-electron chi connectivity index (χ1n) is 6.13. The smallest absolute Gasteiger partial charge is 0.0633 e. The minimum absolute atomic E-state index is 0.00318. The van der Waals surface area contributed by atoms with Gasteiger partial charge < -0.3 is 15.5 Å². The molecule has 2 unspecified atom stereocenters. The molecule has 0 spiro atoms. The summed E-state index contributed by atoms with van der Waals surface area (Å²) >= 11 is 0. The molecule has 90 valence electrons. The van der Waals surface area contributed by atoms with Crippen molar-refractivity contribution in [2.75, 3.05) is 13.2 Å². The summed E-state index contributed by atoms with van der Waals surface area (Å²) < 4.78 is 0. The van der Waals surface area contributed by atoms with Gasteiger partial charge in [0.25, 0.3) is 0 Å². The molecule has 2 atom stereocenters. The molecule has 1 aliphatic rings. The number of nitrogens with one attached hydrogen (secondary N) is 1. The molecule has 0 aromatic carbocycles. The number of hydrogen-bond acceptors (Lipinski definition) is 3. The molecule has 1 saturated carbocycles. The maximum absolute atomic E-state index is 9.22. The molecule has 1 aliphatic carbocycles. The first-order valence-corrected chi connectivity index (χ1v) is 6.13. The van der Waals surface area contributed by atoms with Gasteiger partial charge in [-0.2, -0.15) is 0 Å². The van der Waals surface area contributed by atoms with Crippen LogP contribution in [0.1, 0.15) is 46.0 Å². The second-order valence-corrected chi connectivity index (χ2v) is 5.16. The Morgan fingerprint density at radius 1 is 1.27 bits per heavy atom. The topological polar surface area (TPSA) is 52.5 Å². The van der Waals surface area contributed by atoms with Crippen LogP contribution < -0.4 is 5.32 Å². The van der Waals surface area contributed by atoms with Gasteiger partial charge in [0.2, 0.25) is 0 Å². The minimum atomic E-state index is -0.514. The van der Waals surface area contributed by atoms with E-state index < -0.39 is 5.54 Å². The summed E-state index contributed by atoms with van der Waals surface area (Å²) in [7, 11) is 0. The van der Waals surface area contributed by atoms with Crippen LogP contribution in [0.25, 0.3) is 0 Å². The molecule has 3 N–H and O–H groups in total. The zero-order valence-electron chi connectivity index (χ0n) is 10.00. The average Bonchev–Trinajstić information content (AvgIpc) is 2.29. The predicted octanol–water partition coefficient (Wildman–Crippen LogP) is 1.29. The van der Waals surface area contributed by atoms with Crippen molar-refractivity contribution < 1.29 is 10.2 Å². The van der Waals surface area contributed by atoms with Crippen LogP contribution in [0.15, 0.2) is 0 Å². The van der Waals surface area contributed by atoms with E-state index in [9.17, 15) is 10.2 Å². The number of hydrogen-bond donors (Lipinski definition) is 3. The van der Waals surface area contributed by atoms with E-state index in [1.807, 2.05) is 6.92 Å². The quantitative estimate of drug-likeness (QED) is 0.648. The molecule has 0 aromatic rings. The molecule has 3 heteroatoms. The van der Waals surface area contributed by atoms with Gasteiger partial charge in [0.15, 0.2) is 0 Å². The Morgan fingerprint density at radius 2 is 1.93 bits per heavy atom. The predicted molar refractivity (Wildman–Crippen MR) is 61.7 cm³/mol. The van der Waals surface area contributed by atoms with Crippen molar-refractivity contribution >= 4 is 0 Å². The molecule has 1 rings (SSSR count). The van der Waals surface area contributed by atoms with Crippen LogP contribution in [0.3, 0.4) is 0 Å². The Morgan fingerprint density at radius 3 is 2.47 bits per heavy atom. The fraction of sp³-hybridized carbons (Fsp3) is 1.00. The molecule has 0 amide bonds. The van der Waals surface area contributed by atoms with Gasteiger partial charge in [-0.15, -0.1) is 0 Å². The Labute approximate surface area is 92.9 Å². The maximum Gasteiger partial charge on any atom is 0.0633 e. The molecule has 3 nitrogen and oxygen atoms in total. The molecule has 0 aromatic heterocycles. The highest BCUT2D eigenvalue weighted by molar-refractivity contribution is 4.88. The Balaban J connectivity index is 2.43. The second-order valence-electron chi connectivity index (χ2n) is 5.16. The summed E-state index contributed by atoms with van der Waals surface area (Å²) in [5, 5.41) is 21.8. The Kier molecular flexibility index (Phi) is 5.03. The largest absolute Gasteiger partial charge is 0.394 e. The van der Waals surface area contributed by atoms with Crippen LogP contribution in [0.5, 0.6) is 0 Å². The van der Waals surface area contributed by atoms with Crippen LogP contribution in [-0.2, 0) is 0 Å². The molecular formula is C12H25NO2. The lowest BCUT2D eigenvalue weighted by Crippen LogP contribution is -2.54. The van der Waals surface area contributed by atoms with Crippen LogP contribution in [0.2, 0.25) is 0 Å². The van der Waals surface area contributed by atoms with Gasteiger partial charge in [0.1, 0.15) is 0 Å². The van der Waals surface area contributed by atoms with E-state index in [-0.39, 0.29) is 13.2 Å². The summed E-state index contributed by atoms with van der Waals surface area (Å²) in [6.07, 6.45) is 6.21. The van der Waals surface area contributed by atoms with Crippen molar-refractivity contribution in [1.29, 1.82) is 0 Å². The fourth-order valence-corrected chi connectivity index (χ4v) is 2.43. The average molecular weight is 215 g/mol. The highest BCUT2D eigenvalue weighted by Gasteiger charge is 2.28.